The van der Waals surface area contributed by atoms with Crippen molar-refractivity contribution in [3.63, 3.8) is 0 Å². The number of nitrogens with zero attached hydrogens (tertiary/aromatic N) is 1. The zero-order valence-corrected chi connectivity index (χ0v) is 14.3. The lowest BCUT2D eigenvalue weighted by atomic mass is 10.1. The molecule has 0 aromatic heterocycles. The van der Waals surface area contributed by atoms with Gasteiger partial charge in [-0.3, -0.25) is 9.69 Å². The molecule has 128 valence electrons. The highest BCUT2D eigenvalue weighted by Crippen LogP contribution is 2.16. The zero-order chi connectivity index (χ0) is 16.7. The number of aliphatic hydroxyl groups is 1. The fraction of sp³-hybridized carbons (Fsp3) is 0.588. The Balaban J connectivity index is 1.80. The minimum absolute atomic E-state index is 0.0164. The SMILES string of the molecule is CC(C(=O)NCc1ccc(Cl)cc1)N1CCCC(OCCO)C1. The number of carbonyl (C=O) groups is 1. The van der Waals surface area contributed by atoms with Gasteiger partial charge in [0, 0.05) is 18.1 Å². The highest BCUT2D eigenvalue weighted by atomic mass is 35.5. The maximum atomic E-state index is 12.3. The van der Waals surface area contributed by atoms with E-state index < -0.39 is 0 Å². The summed E-state index contributed by atoms with van der Waals surface area (Å²) in [5, 5.41) is 12.5. The van der Waals surface area contributed by atoms with Crippen molar-refractivity contribution >= 4 is 17.5 Å². The summed E-state index contributed by atoms with van der Waals surface area (Å²) in [5.74, 6) is 0.0164. The normalized spacial score (nSPS) is 20.2. The number of benzene rings is 1. The number of carbonyl (C=O) groups excluding carboxylic acids is 1. The first-order chi connectivity index (χ1) is 11.1. The van der Waals surface area contributed by atoms with Crippen molar-refractivity contribution in [3.8, 4) is 0 Å². The van der Waals surface area contributed by atoms with Crippen LogP contribution < -0.4 is 5.32 Å². The molecule has 0 spiro atoms. The molecule has 6 heteroatoms. The van der Waals surface area contributed by atoms with Crippen LogP contribution in [0.4, 0.5) is 0 Å². The molecule has 1 aliphatic heterocycles. The summed E-state index contributed by atoms with van der Waals surface area (Å²) in [6, 6.07) is 7.27. The Hall–Kier alpha value is -1.14. The Morgan fingerprint density at radius 3 is 2.91 bits per heavy atom. The summed E-state index contributed by atoms with van der Waals surface area (Å²) >= 11 is 5.85. The molecule has 1 aromatic rings. The Bertz CT molecular complexity index is 495. The molecule has 2 unspecified atom stereocenters. The van der Waals surface area contributed by atoms with E-state index >= 15 is 0 Å². The third kappa shape index (κ3) is 5.77. The lowest BCUT2D eigenvalue weighted by Crippen LogP contribution is -2.50. The van der Waals surface area contributed by atoms with Gasteiger partial charge < -0.3 is 15.2 Å². The third-order valence-corrected chi connectivity index (χ3v) is 4.41. The van der Waals surface area contributed by atoms with Gasteiger partial charge in [-0.1, -0.05) is 23.7 Å². The Morgan fingerprint density at radius 1 is 1.48 bits per heavy atom. The van der Waals surface area contributed by atoms with Gasteiger partial charge >= 0.3 is 0 Å². The lowest BCUT2D eigenvalue weighted by Gasteiger charge is -2.35. The Morgan fingerprint density at radius 2 is 2.22 bits per heavy atom. The monoisotopic (exact) mass is 340 g/mol. The van der Waals surface area contributed by atoms with Gasteiger partial charge in [-0.25, -0.2) is 0 Å². The average Bonchev–Trinajstić information content (AvgIpc) is 2.58. The predicted molar refractivity (Wildman–Crippen MR) is 90.4 cm³/mol. The second-order valence-corrected chi connectivity index (χ2v) is 6.31. The molecule has 0 bridgehead atoms. The third-order valence-electron chi connectivity index (χ3n) is 4.16. The number of hydrogen-bond acceptors (Lipinski definition) is 4. The molecule has 1 heterocycles. The molecule has 0 saturated carbocycles. The number of aliphatic hydroxyl groups excluding tert-OH is 1. The fourth-order valence-corrected chi connectivity index (χ4v) is 2.90. The summed E-state index contributed by atoms with van der Waals surface area (Å²) in [5.41, 5.74) is 1.03. The number of rotatable bonds is 7. The number of nitrogens with one attached hydrogen (secondary N) is 1. The summed E-state index contributed by atoms with van der Waals surface area (Å²) in [6.45, 7) is 4.44. The van der Waals surface area contributed by atoms with E-state index in [9.17, 15) is 4.79 Å². The van der Waals surface area contributed by atoms with Crippen molar-refractivity contribution in [3.05, 3.63) is 34.9 Å². The van der Waals surface area contributed by atoms with Crippen molar-refractivity contribution in [1.82, 2.24) is 10.2 Å². The quantitative estimate of drug-likeness (QED) is 0.795. The standard InChI is InChI=1S/C17H25ClN2O3/c1-13(20-8-2-3-16(12-20)23-10-9-21)17(22)19-11-14-4-6-15(18)7-5-14/h4-7,13,16,21H,2-3,8-12H2,1H3,(H,19,22). The summed E-state index contributed by atoms with van der Waals surface area (Å²) in [7, 11) is 0. The van der Waals surface area contributed by atoms with Gasteiger partial charge in [0.05, 0.1) is 25.4 Å². The minimum atomic E-state index is -0.192. The molecule has 0 aliphatic carbocycles. The van der Waals surface area contributed by atoms with Crippen LogP contribution >= 0.6 is 11.6 Å². The smallest absolute Gasteiger partial charge is 0.237 e. The number of halogens is 1. The van der Waals surface area contributed by atoms with Crippen LogP contribution in [0.5, 0.6) is 0 Å². The van der Waals surface area contributed by atoms with Crippen molar-refractivity contribution in [2.24, 2.45) is 0 Å². The first-order valence-corrected chi connectivity index (χ1v) is 8.46. The van der Waals surface area contributed by atoms with E-state index in [0.29, 0.717) is 18.2 Å². The topological polar surface area (TPSA) is 61.8 Å². The van der Waals surface area contributed by atoms with Gasteiger partial charge in [0.25, 0.3) is 0 Å². The van der Waals surface area contributed by atoms with Crippen molar-refractivity contribution < 1.29 is 14.6 Å². The van der Waals surface area contributed by atoms with Crippen LogP contribution in [0.3, 0.4) is 0 Å². The van der Waals surface area contributed by atoms with Gasteiger partial charge in [-0.05, 0) is 44.0 Å². The van der Waals surface area contributed by atoms with E-state index in [1.807, 2.05) is 31.2 Å². The molecule has 1 amide bonds. The number of ether oxygens (including phenoxy) is 1. The number of amides is 1. The first-order valence-electron chi connectivity index (χ1n) is 8.09. The summed E-state index contributed by atoms with van der Waals surface area (Å²) in [6.07, 6.45) is 2.09. The molecule has 2 N–H and O–H groups in total. The van der Waals surface area contributed by atoms with Crippen LogP contribution in [0.1, 0.15) is 25.3 Å². The first kappa shape index (κ1) is 18.2. The van der Waals surface area contributed by atoms with Gasteiger partial charge in [-0.2, -0.15) is 0 Å². The average molecular weight is 341 g/mol. The van der Waals surface area contributed by atoms with Gasteiger partial charge in [-0.15, -0.1) is 0 Å². The number of likely N-dealkylation sites (tertiary alicyclic amines) is 1. The second-order valence-electron chi connectivity index (χ2n) is 5.87. The van der Waals surface area contributed by atoms with E-state index in [2.05, 4.69) is 10.2 Å². The molecule has 23 heavy (non-hydrogen) atoms. The molecule has 1 aromatic carbocycles. The van der Waals surface area contributed by atoms with E-state index in [0.717, 1.165) is 31.5 Å². The molecule has 2 atom stereocenters. The van der Waals surface area contributed by atoms with E-state index in [-0.39, 0.29) is 24.7 Å². The molecular formula is C17H25ClN2O3. The number of hydrogen-bond donors (Lipinski definition) is 2. The second kappa shape index (κ2) is 9.23. The molecule has 1 aliphatic rings. The molecule has 2 rings (SSSR count). The summed E-state index contributed by atoms with van der Waals surface area (Å²) in [4.78, 5) is 14.5. The highest BCUT2D eigenvalue weighted by molar-refractivity contribution is 6.30. The van der Waals surface area contributed by atoms with Gasteiger partial charge in [0.15, 0.2) is 0 Å². The highest BCUT2D eigenvalue weighted by Gasteiger charge is 2.27. The fourth-order valence-electron chi connectivity index (χ4n) is 2.78. The van der Waals surface area contributed by atoms with E-state index in [1.165, 1.54) is 0 Å². The largest absolute Gasteiger partial charge is 0.394 e. The van der Waals surface area contributed by atoms with E-state index in [1.54, 1.807) is 0 Å². The molecule has 1 fully saturated rings. The van der Waals surface area contributed by atoms with Crippen molar-refractivity contribution in [2.75, 3.05) is 26.3 Å². The van der Waals surface area contributed by atoms with Crippen LogP contribution in [0.2, 0.25) is 5.02 Å². The molecular weight excluding hydrogens is 316 g/mol. The van der Waals surface area contributed by atoms with Crippen LogP contribution in [-0.4, -0.2) is 54.4 Å². The molecule has 1 saturated heterocycles. The summed E-state index contributed by atoms with van der Waals surface area (Å²) < 4.78 is 5.60. The lowest BCUT2D eigenvalue weighted by molar-refractivity contribution is -0.127. The number of piperidine rings is 1. The van der Waals surface area contributed by atoms with Crippen LogP contribution in [0, 0.1) is 0 Å². The predicted octanol–water partition coefficient (Wildman–Crippen LogP) is 1.82. The van der Waals surface area contributed by atoms with Gasteiger partial charge in [0.2, 0.25) is 5.91 Å². The maximum absolute atomic E-state index is 12.3. The minimum Gasteiger partial charge on any atom is -0.394 e. The van der Waals surface area contributed by atoms with Crippen molar-refractivity contribution in [2.45, 2.75) is 38.5 Å². The Kier molecular flexibility index (Phi) is 7.30. The Labute approximate surface area is 142 Å². The van der Waals surface area contributed by atoms with E-state index in [4.69, 9.17) is 21.4 Å². The van der Waals surface area contributed by atoms with Crippen LogP contribution in [0.25, 0.3) is 0 Å². The molecule has 5 nitrogen and oxygen atoms in total. The van der Waals surface area contributed by atoms with Gasteiger partial charge in [0.1, 0.15) is 0 Å². The van der Waals surface area contributed by atoms with Crippen LogP contribution in [-0.2, 0) is 16.1 Å². The van der Waals surface area contributed by atoms with Crippen molar-refractivity contribution in [1.29, 1.82) is 0 Å². The maximum Gasteiger partial charge on any atom is 0.237 e. The molecule has 0 radical (unpaired) electrons. The van der Waals surface area contributed by atoms with Crippen LogP contribution in [0.15, 0.2) is 24.3 Å². The zero-order valence-electron chi connectivity index (χ0n) is 13.5.